The standard InChI is InChI=1S/C22H27N5OS/c1-3-23-22(24-14-15-29(28)19-12-8-5-9-13-19)27(2)17-21-25-16-20(26-21)18-10-6-4-7-11-18/h4-13,16H,3,14-15,17H2,1-2H3,(H,23,24)(H,25,26). The highest BCUT2D eigenvalue weighted by atomic mass is 32.2. The van der Waals surface area contributed by atoms with Crippen molar-refractivity contribution in [1.82, 2.24) is 20.2 Å². The highest BCUT2D eigenvalue weighted by molar-refractivity contribution is 7.85. The quantitative estimate of drug-likeness (QED) is 0.442. The molecule has 152 valence electrons. The molecule has 1 unspecified atom stereocenters. The first-order valence-electron chi connectivity index (χ1n) is 9.69. The molecule has 0 saturated heterocycles. The fourth-order valence-electron chi connectivity index (χ4n) is 2.90. The van der Waals surface area contributed by atoms with E-state index in [1.807, 2.05) is 73.6 Å². The van der Waals surface area contributed by atoms with Gasteiger partial charge in [-0.3, -0.25) is 9.20 Å². The zero-order valence-electron chi connectivity index (χ0n) is 16.8. The average Bonchev–Trinajstić information content (AvgIpc) is 3.22. The van der Waals surface area contributed by atoms with Crippen molar-refractivity contribution in [3.05, 3.63) is 72.7 Å². The maximum atomic E-state index is 12.4. The van der Waals surface area contributed by atoms with E-state index in [1.165, 1.54) is 0 Å². The molecule has 3 aromatic rings. The second-order valence-corrected chi connectivity index (χ2v) is 8.13. The van der Waals surface area contributed by atoms with Gasteiger partial charge in [-0.05, 0) is 24.6 Å². The van der Waals surface area contributed by atoms with Crippen LogP contribution in [0.4, 0.5) is 0 Å². The van der Waals surface area contributed by atoms with Crippen LogP contribution in [0.2, 0.25) is 0 Å². The Morgan fingerprint density at radius 1 is 1.14 bits per heavy atom. The minimum Gasteiger partial charge on any atom is -0.357 e. The fourth-order valence-corrected chi connectivity index (χ4v) is 3.85. The van der Waals surface area contributed by atoms with Crippen LogP contribution in [0.25, 0.3) is 11.3 Å². The molecule has 0 radical (unpaired) electrons. The SMILES string of the molecule is CCNC(=NCCS(=O)c1ccccc1)N(C)Cc1ncc(-c2ccccc2)[nH]1. The van der Waals surface area contributed by atoms with E-state index >= 15 is 0 Å². The van der Waals surface area contributed by atoms with Crippen LogP contribution in [0, 0.1) is 0 Å². The summed E-state index contributed by atoms with van der Waals surface area (Å²) in [5, 5.41) is 3.29. The summed E-state index contributed by atoms with van der Waals surface area (Å²) in [4.78, 5) is 15.4. The lowest BCUT2D eigenvalue weighted by Crippen LogP contribution is -2.39. The Morgan fingerprint density at radius 3 is 2.52 bits per heavy atom. The Bertz CT molecular complexity index is 940. The molecule has 1 heterocycles. The summed E-state index contributed by atoms with van der Waals surface area (Å²) in [5.41, 5.74) is 2.10. The second-order valence-electron chi connectivity index (χ2n) is 6.56. The number of benzene rings is 2. The molecule has 0 aliphatic carbocycles. The summed E-state index contributed by atoms with van der Waals surface area (Å²) in [5.74, 6) is 2.13. The fraction of sp³-hybridized carbons (Fsp3) is 0.273. The Labute approximate surface area is 174 Å². The van der Waals surface area contributed by atoms with Crippen molar-refractivity contribution in [1.29, 1.82) is 0 Å². The smallest absolute Gasteiger partial charge is 0.194 e. The summed E-state index contributed by atoms with van der Waals surface area (Å²) in [6.45, 7) is 3.88. The molecule has 0 aliphatic heterocycles. The summed E-state index contributed by atoms with van der Waals surface area (Å²) >= 11 is 0. The van der Waals surface area contributed by atoms with E-state index in [0.29, 0.717) is 18.8 Å². The van der Waals surface area contributed by atoms with Crippen LogP contribution in [0.5, 0.6) is 0 Å². The second kappa shape index (κ2) is 10.6. The topological polar surface area (TPSA) is 73.4 Å². The number of hydrogen-bond acceptors (Lipinski definition) is 3. The molecule has 2 N–H and O–H groups in total. The van der Waals surface area contributed by atoms with E-state index in [-0.39, 0.29) is 0 Å². The Balaban J connectivity index is 1.60. The molecule has 6 nitrogen and oxygen atoms in total. The summed E-state index contributed by atoms with van der Waals surface area (Å²) in [6, 6.07) is 19.6. The number of aliphatic imine (C=N–C) groups is 1. The maximum absolute atomic E-state index is 12.4. The molecule has 0 aliphatic rings. The summed E-state index contributed by atoms with van der Waals surface area (Å²) in [7, 11) is 0.928. The van der Waals surface area contributed by atoms with Crippen LogP contribution < -0.4 is 5.32 Å². The molecular weight excluding hydrogens is 382 g/mol. The number of nitrogens with one attached hydrogen (secondary N) is 2. The highest BCUT2D eigenvalue weighted by Crippen LogP contribution is 2.16. The van der Waals surface area contributed by atoms with Gasteiger partial charge in [-0.2, -0.15) is 0 Å². The zero-order chi connectivity index (χ0) is 20.5. The molecule has 0 bridgehead atoms. The van der Waals surface area contributed by atoms with Gasteiger partial charge < -0.3 is 15.2 Å². The van der Waals surface area contributed by atoms with Gasteiger partial charge in [-0.15, -0.1) is 0 Å². The maximum Gasteiger partial charge on any atom is 0.194 e. The Kier molecular flexibility index (Phi) is 7.58. The molecule has 7 heteroatoms. The summed E-state index contributed by atoms with van der Waals surface area (Å²) in [6.07, 6.45) is 1.85. The number of nitrogens with zero attached hydrogens (tertiary/aromatic N) is 3. The number of aromatic nitrogens is 2. The predicted molar refractivity (Wildman–Crippen MR) is 119 cm³/mol. The molecule has 1 aromatic heterocycles. The Hall–Kier alpha value is -2.93. The third-order valence-electron chi connectivity index (χ3n) is 4.34. The van der Waals surface area contributed by atoms with E-state index in [1.54, 1.807) is 0 Å². The van der Waals surface area contributed by atoms with Crippen molar-refractivity contribution in [2.24, 2.45) is 4.99 Å². The van der Waals surface area contributed by atoms with Gasteiger partial charge in [0.05, 0.1) is 35.8 Å². The van der Waals surface area contributed by atoms with E-state index in [2.05, 4.69) is 32.4 Å². The normalized spacial score (nSPS) is 12.6. The number of guanidine groups is 1. The van der Waals surface area contributed by atoms with Crippen LogP contribution in [0.3, 0.4) is 0 Å². The average molecular weight is 410 g/mol. The molecule has 0 fully saturated rings. The lowest BCUT2D eigenvalue weighted by Gasteiger charge is -2.21. The molecule has 0 saturated carbocycles. The molecule has 1 atom stereocenters. The van der Waals surface area contributed by atoms with E-state index in [4.69, 9.17) is 0 Å². The van der Waals surface area contributed by atoms with Gasteiger partial charge in [-0.25, -0.2) is 4.98 Å². The van der Waals surface area contributed by atoms with Gasteiger partial charge in [0.1, 0.15) is 5.82 Å². The van der Waals surface area contributed by atoms with E-state index < -0.39 is 10.8 Å². The first-order valence-corrected chi connectivity index (χ1v) is 11.0. The predicted octanol–water partition coefficient (Wildman–Crippen LogP) is 3.28. The molecule has 0 amide bonds. The molecule has 0 spiro atoms. The number of rotatable bonds is 8. The van der Waals surface area contributed by atoms with Crippen LogP contribution in [-0.4, -0.2) is 50.9 Å². The third-order valence-corrected chi connectivity index (χ3v) is 5.69. The number of imidazole rings is 1. The van der Waals surface area contributed by atoms with Gasteiger partial charge in [0.25, 0.3) is 0 Å². The van der Waals surface area contributed by atoms with E-state index in [0.717, 1.165) is 34.5 Å². The molecule has 29 heavy (non-hydrogen) atoms. The molecule has 3 rings (SSSR count). The van der Waals surface area contributed by atoms with Crippen LogP contribution in [0.15, 0.2) is 76.7 Å². The van der Waals surface area contributed by atoms with Crippen molar-refractivity contribution >= 4 is 16.8 Å². The van der Waals surface area contributed by atoms with Crippen molar-refractivity contribution in [3.63, 3.8) is 0 Å². The largest absolute Gasteiger partial charge is 0.357 e. The van der Waals surface area contributed by atoms with Gasteiger partial charge in [0.15, 0.2) is 5.96 Å². The van der Waals surface area contributed by atoms with Crippen LogP contribution in [-0.2, 0) is 17.3 Å². The van der Waals surface area contributed by atoms with Crippen molar-refractivity contribution < 1.29 is 4.21 Å². The highest BCUT2D eigenvalue weighted by Gasteiger charge is 2.10. The van der Waals surface area contributed by atoms with E-state index in [9.17, 15) is 4.21 Å². The lowest BCUT2D eigenvalue weighted by molar-refractivity contribution is 0.464. The van der Waals surface area contributed by atoms with Crippen molar-refractivity contribution in [3.8, 4) is 11.3 Å². The molecular formula is C22H27N5OS. The van der Waals surface area contributed by atoms with Crippen molar-refractivity contribution in [2.75, 3.05) is 25.9 Å². The zero-order valence-corrected chi connectivity index (χ0v) is 17.7. The monoisotopic (exact) mass is 409 g/mol. The lowest BCUT2D eigenvalue weighted by atomic mass is 10.2. The van der Waals surface area contributed by atoms with Crippen LogP contribution in [0.1, 0.15) is 12.7 Å². The van der Waals surface area contributed by atoms with Gasteiger partial charge in [0.2, 0.25) is 0 Å². The minimum absolute atomic E-state index is 0.488. The molecule has 2 aromatic carbocycles. The summed E-state index contributed by atoms with van der Waals surface area (Å²) < 4.78 is 12.4. The van der Waals surface area contributed by atoms with Gasteiger partial charge in [-0.1, -0.05) is 48.5 Å². The minimum atomic E-state index is -1.04. The Morgan fingerprint density at radius 2 is 1.83 bits per heavy atom. The number of aromatic amines is 1. The van der Waals surface area contributed by atoms with Crippen molar-refractivity contribution in [2.45, 2.75) is 18.4 Å². The third kappa shape index (κ3) is 6.02. The van der Waals surface area contributed by atoms with Gasteiger partial charge in [0, 0.05) is 24.2 Å². The number of hydrogen-bond donors (Lipinski definition) is 2. The van der Waals surface area contributed by atoms with Gasteiger partial charge >= 0.3 is 0 Å². The first-order chi connectivity index (χ1) is 14.2. The van der Waals surface area contributed by atoms with Crippen LogP contribution >= 0.6 is 0 Å². The first kappa shape index (κ1) is 20.8. The number of H-pyrrole nitrogens is 1.